The summed E-state index contributed by atoms with van der Waals surface area (Å²) in [5.41, 5.74) is 2.46. The molecule has 0 spiro atoms. The molecule has 4 aliphatic rings. The van der Waals surface area contributed by atoms with Gasteiger partial charge in [-0.1, -0.05) is 83.7 Å². The fourth-order valence-electron chi connectivity index (χ4n) is 9.53. The van der Waals surface area contributed by atoms with Crippen LogP contribution in [0.1, 0.15) is 109 Å². The zero-order valence-electron chi connectivity index (χ0n) is 23.9. The van der Waals surface area contributed by atoms with E-state index in [9.17, 15) is 9.90 Å². The number of rotatable bonds is 7. The van der Waals surface area contributed by atoms with Crippen molar-refractivity contribution in [3.8, 4) is 0 Å². The molecule has 9 atom stereocenters. The van der Waals surface area contributed by atoms with Gasteiger partial charge < -0.3 is 9.84 Å². The Morgan fingerprint density at radius 2 is 1.76 bits per heavy atom. The van der Waals surface area contributed by atoms with Crippen molar-refractivity contribution in [2.24, 2.45) is 46.3 Å². The van der Waals surface area contributed by atoms with Crippen LogP contribution in [0.5, 0.6) is 0 Å². The fraction of sp³-hybridized carbons (Fsp3) is 0.735. The van der Waals surface area contributed by atoms with Crippen molar-refractivity contribution in [2.75, 3.05) is 0 Å². The van der Waals surface area contributed by atoms with Gasteiger partial charge in [-0.05, 0) is 97.0 Å². The highest BCUT2D eigenvalue weighted by molar-refractivity contribution is 5.89. The second kappa shape index (κ2) is 10.5. The van der Waals surface area contributed by atoms with Crippen LogP contribution in [0.25, 0.3) is 0 Å². The van der Waals surface area contributed by atoms with Crippen molar-refractivity contribution in [2.45, 2.75) is 111 Å². The number of benzene rings is 1. The van der Waals surface area contributed by atoms with Gasteiger partial charge in [0.15, 0.2) is 0 Å². The lowest BCUT2D eigenvalue weighted by Gasteiger charge is -2.59. The predicted molar refractivity (Wildman–Crippen MR) is 150 cm³/mol. The van der Waals surface area contributed by atoms with Crippen molar-refractivity contribution in [3.05, 3.63) is 47.5 Å². The van der Waals surface area contributed by atoms with Crippen molar-refractivity contribution in [3.63, 3.8) is 0 Å². The molecule has 204 valence electrons. The van der Waals surface area contributed by atoms with Crippen LogP contribution in [0.3, 0.4) is 0 Å². The minimum Gasteiger partial charge on any atom is -0.458 e. The summed E-state index contributed by atoms with van der Waals surface area (Å²) in [4.78, 5) is 12.7. The van der Waals surface area contributed by atoms with Gasteiger partial charge in [0.25, 0.3) is 0 Å². The van der Waals surface area contributed by atoms with E-state index in [0.29, 0.717) is 28.7 Å². The minimum atomic E-state index is -0.365. The largest absolute Gasteiger partial charge is 0.458 e. The Bertz CT molecular complexity index is 982. The standard InChI is InChI=1S/C34H50O3/c1-22(2)10-9-11-23(3)27-14-15-28-31-29(17-19-34(27,28)5)33(4)18-16-26(20-25(33)21-30(31)35)37-32(36)24-12-7-6-8-13-24/h6-8,12-13,21-23,26-31,35H,9-11,14-20H2,1-5H3/t23-,26+,27-,28+,29+,30+,31+,33+,34-/m1/s1. The Morgan fingerprint density at radius 3 is 2.49 bits per heavy atom. The van der Waals surface area contributed by atoms with Crippen LogP contribution in [0.4, 0.5) is 0 Å². The quantitative estimate of drug-likeness (QED) is 0.299. The monoisotopic (exact) mass is 506 g/mol. The molecule has 1 N–H and O–H groups in total. The molecule has 37 heavy (non-hydrogen) atoms. The van der Waals surface area contributed by atoms with Crippen molar-refractivity contribution in [1.29, 1.82) is 0 Å². The number of ether oxygens (including phenoxy) is 1. The Balaban J connectivity index is 1.29. The summed E-state index contributed by atoms with van der Waals surface area (Å²) in [7, 11) is 0. The third kappa shape index (κ3) is 4.95. The summed E-state index contributed by atoms with van der Waals surface area (Å²) >= 11 is 0. The smallest absolute Gasteiger partial charge is 0.338 e. The van der Waals surface area contributed by atoms with Crippen LogP contribution in [0, 0.1) is 46.3 Å². The number of esters is 1. The van der Waals surface area contributed by atoms with Gasteiger partial charge in [-0.15, -0.1) is 0 Å². The first kappa shape index (κ1) is 27.0. The number of aliphatic hydroxyl groups excluding tert-OH is 1. The van der Waals surface area contributed by atoms with E-state index in [1.54, 1.807) is 0 Å². The van der Waals surface area contributed by atoms with Gasteiger partial charge in [-0.2, -0.15) is 0 Å². The van der Waals surface area contributed by atoms with Gasteiger partial charge in [0, 0.05) is 6.42 Å². The van der Waals surface area contributed by atoms with Gasteiger partial charge >= 0.3 is 5.97 Å². The van der Waals surface area contributed by atoms with Gasteiger partial charge in [0.05, 0.1) is 11.7 Å². The SMILES string of the molecule is CC(C)CCC[C@@H](C)[C@H]1CC[C@H]2[C@@H]3[C@@H](O)C=C4C[C@@H](OC(=O)c5ccccc5)CC[C@]4(C)[C@H]3CC[C@]12C. The van der Waals surface area contributed by atoms with E-state index < -0.39 is 0 Å². The van der Waals surface area contributed by atoms with Gasteiger partial charge in [0.1, 0.15) is 6.10 Å². The minimum absolute atomic E-state index is 0.0906. The van der Waals surface area contributed by atoms with Crippen LogP contribution < -0.4 is 0 Å². The van der Waals surface area contributed by atoms with Crippen LogP contribution >= 0.6 is 0 Å². The predicted octanol–water partition coefficient (Wildman–Crippen LogP) is 8.22. The lowest BCUT2D eigenvalue weighted by atomic mass is 9.46. The topological polar surface area (TPSA) is 46.5 Å². The van der Waals surface area contributed by atoms with Crippen LogP contribution in [0.15, 0.2) is 42.0 Å². The molecule has 0 saturated heterocycles. The van der Waals surface area contributed by atoms with Gasteiger partial charge in [-0.25, -0.2) is 4.79 Å². The Labute approximate surface area is 225 Å². The summed E-state index contributed by atoms with van der Waals surface area (Å²) < 4.78 is 5.95. The number of carbonyl (C=O) groups is 1. The molecule has 3 heteroatoms. The molecule has 0 radical (unpaired) electrons. The number of hydrogen-bond acceptors (Lipinski definition) is 3. The molecule has 5 rings (SSSR count). The lowest BCUT2D eigenvalue weighted by molar-refractivity contribution is -0.0978. The van der Waals surface area contributed by atoms with E-state index in [1.807, 2.05) is 30.3 Å². The maximum absolute atomic E-state index is 12.7. The highest BCUT2D eigenvalue weighted by Crippen LogP contribution is 2.67. The Kier molecular flexibility index (Phi) is 7.66. The third-order valence-corrected chi connectivity index (χ3v) is 11.6. The maximum Gasteiger partial charge on any atom is 0.338 e. The van der Waals surface area contributed by atoms with Crippen molar-refractivity contribution in [1.82, 2.24) is 0 Å². The molecule has 1 aromatic carbocycles. The zero-order valence-corrected chi connectivity index (χ0v) is 23.9. The highest BCUT2D eigenvalue weighted by atomic mass is 16.5. The first-order chi connectivity index (χ1) is 17.6. The maximum atomic E-state index is 12.7. The van der Waals surface area contributed by atoms with Crippen LogP contribution in [-0.4, -0.2) is 23.3 Å². The number of hydrogen-bond donors (Lipinski definition) is 1. The van der Waals surface area contributed by atoms with E-state index in [4.69, 9.17) is 4.74 Å². The average molecular weight is 507 g/mol. The lowest BCUT2D eigenvalue weighted by Crippen LogP contribution is -2.55. The van der Waals surface area contributed by atoms with Gasteiger partial charge in [-0.3, -0.25) is 0 Å². The summed E-state index contributed by atoms with van der Waals surface area (Å²) in [5.74, 6) is 3.70. The highest BCUT2D eigenvalue weighted by Gasteiger charge is 2.61. The number of carbonyl (C=O) groups excluding carboxylic acids is 1. The van der Waals surface area contributed by atoms with Crippen LogP contribution in [0.2, 0.25) is 0 Å². The molecule has 0 bridgehead atoms. The zero-order chi connectivity index (χ0) is 26.4. The van der Waals surface area contributed by atoms with E-state index in [0.717, 1.165) is 37.0 Å². The van der Waals surface area contributed by atoms with Crippen LogP contribution in [-0.2, 0) is 4.74 Å². The molecule has 1 aromatic rings. The van der Waals surface area contributed by atoms with E-state index in [-0.39, 0.29) is 23.6 Å². The summed E-state index contributed by atoms with van der Waals surface area (Å²) in [6.07, 6.45) is 13.7. The van der Waals surface area contributed by atoms with Crippen molar-refractivity contribution < 1.29 is 14.6 Å². The summed E-state index contributed by atoms with van der Waals surface area (Å²) in [6, 6.07) is 9.32. The second-order valence-corrected chi connectivity index (χ2v) is 14.1. The summed E-state index contributed by atoms with van der Waals surface area (Å²) in [5, 5.41) is 11.6. The van der Waals surface area contributed by atoms with Gasteiger partial charge in [0.2, 0.25) is 0 Å². The fourth-order valence-corrected chi connectivity index (χ4v) is 9.53. The number of fused-ring (bicyclic) bond motifs is 5. The molecule has 0 amide bonds. The Morgan fingerprint density at radius 1 is 1.00 bits per heavy atom. The average Bonchev–Trinajstić information content (AvgIpc) is 3.22. The second-order valence-electron chi connectivity index (χ2n) is 14.1. The van der Waals surface area contributed by atoms with E-state index >= 15 is 0 Å². The molecule has 3 nitrogen and oxygen atoms in total. The number of aliphatic hydroxyl groups is 1. The normalized spacial score (nSPS) is 39.8. The van der Waals surface area contributed by atoms with Crippen molar-refractivity contribution >= 4 is 5.97 Å². The van der Waals surface area contributed by atoms with E-state index in [2.05, 4.69) is 40.7 Å². The molecule has 3 saturated carbocycles. The molecule has 0 heterocycles. The summed E-state index contributed by atoms with van der Waals surface area (Å²) in [6.45, 7) is 12.2. The molecule has 3 fully saturated rings. The molecule has 0 aromatic heterocycles. The first-order valence-electron chi connectivity index (χ1n) is 15.3. The molecule has 4 aliphatic carbocycles. The molecular formula is C34H50O3. The molecule has 0 unspecified atom stereocenters. The third-order valence-electron chi connectivity index (χ3n) is 11.6. The van der Waals surface area contributed by atoms with E-state index in [1.165, 1.54) is 50.5 Å². The Hall–Kier alpha value is -1.61. The molecular weight excluding hydrogens is 456 g/mol. The first-order valence-corrected chi connectivity index (χ1v) is 15.3. The molecule has 0 aliphatic heterocycles.